The fourth-order valence-electron chi connectivity index (χ4n) is 2.21. The molecule has 0 N–H and O–H groups in total. The van der Waals surface area contributed by atoms with Crippen LogP contribution in [-0.4, -0.2) is 33.3 Å². The molecule has 0 unspecified atom stereocenters. The molecule has 0 radical (unpaired) electrons. The van der Waals surface area contributed by atoms with Crippen molar-refractivity contribution in [3.8, 4) is 0 Å². The van der Waals surface area contributed by atoms with E-state index in [1.807, 2.05) is 45.9 Å². The van der Waals surface area contributed by atoms with E-state index in [1.54, 1.807) is 11.0 Å². The number of aromatic nitrogens is 3. The molecule has 0 aliphatic carbocycles. The number of nitrogens with zero attached hydrogens (tertiary/aromatic N) is 3. The molecular formula is C15H20BN3O2. The lowest BCUT2D eigenvalue weighted by molar-refractivity contribution is 0.00578. The van der Waals surface area contributed by atoms with Gasteiger partial charge < -0.3 is 9.31 Å². The van der Waals surface area contributed by atoms with Crippen LogP contribution < -0.4 is 5.59 Å². The van der Waals surface area contributed by atoms with Gasteiger partial charge in [-0.05, 0) is 33.3 Å². The van der Waals surface area contributed by atoms with Gasteiger partial charge in [0.15, 0.2) is 0 Å². The molecule has 1 aliphatic rings. The molecular weight excluding hydrogens is 265 g/mol. The molecule has 5 nitrogen and oxygen atoms in total. The Morgan fingerprint density at radius 3 is 2.29 bits per heavy atom. The van der Waals surface area contributed by atoms with E-state index in [4.69, 9.17) is 9.31 Å². The van der Waals surface area contributed by atoms with Gasteiger partial charge in [-0.3, -0.25) is 0 Å². The van der Waals surface area contributed by atoms with Crippen molar-refractivity contribution in [2.24, 2.45) is 0 Å². The number of rotatable bonds is 3. The van der Waals surface area contributed by atoms with Crippen LogP contribution in [0.1, 0.15) is 33.3 Å². The van der Waals surface area contributed by atoms with Crippen LogP contribution in [0.5, 0.6) is 0 Å². The van der Waals surface area contributed by atoms with Crippen molar-refractivity contribution in [3.05, 3.63) is 42.1 Å². The van der Waals surface area contributed by atoms with Crippen molar-refractivity contribution >= 4 is 12.7 Å². The number of hydrogen-bond donors (Lipinski definition) is 0. The predicted molar refractivity (Wildman–Crippen MR) is 81.3 cm³/mol. The van der Waals surface area contributed by atoms with Gasteiger partial charge in [-0.2, -0.15) is 15.0 Å². The van der Waals surface area contributed by atoms with E-state index in [2.05, 4.69) is 22.3 Å². The fourth-order valence-corrected chi connectivity index (χ4v) is 2.21. The summed E-state index contributed by atoms with van der Waals surface area (Å²) < 4.78 is 12.0. The van der Waals surface area contributed by atoms with E-state index in [0.717, 1.165) is 5.56 Å². The van der Waals surface area contributed by atoms with E-state index >= 15 is 0 Å². The molecule has 110 valence electrons. The Morgan fingerprint density at radius 1 is 1.05 bits per heavy atom. The molecule has 0 atom stereocenters. The molecule has 2 aromatic rings. The quantitative estimate of drug-likeness (QED) is 0.804. The van der Waals surface area contributed by atoms with Gasteiger partial charge in [0.25, 0.3) is 0 Å². The summed E-state index contributed by atoms with van der Waals surface area (Å²) in [6.07, 6.45) is 1.71. The molecule has 0 saturated carbocycles. The molecule has 21 heavy (non-hydrogen) atoms. The second kappa shape index (κ2) is 4.96. The average Bonchev–Trinajstić information content (AvgIpc) is 2.94. The maximum absolute atomic E-state index is 5.98. The van der Waals surface area contributed by atoms with E-state index in [1.165, 1.54) is 0 Å². The summed E-state index contributed by atoms with van der Waals surface area (Å²) in [5.74, 6) is 0. The van der Waals surface area contributed by atoms with Crippen LogP contribution in [0.4, 0.5) is 0 Å². The van der Waals surface area contributed by atoms with Gasteiger partial charge in [0.2, 0.25) is 0 Å². The Balaban J connectivity index is 1.74. The number of benzene rings is 1. The maximum atomic E-state index is 5.98. The van der Waals surface area contributed by atoms with Crippen LogP contribution >= 0.6 is 0 Å². The largest absolute Gasteiger partial charge is 0.518 e. The predicted octanol–water partition coefficient (Wildman–Crippen LogP) is 1.63. The first-order valence-corrected chi connectivity index (χ1v) is 7.17. The molecule has 1 aromatic carbocycles. The lowest BCUT2D eigenvalue weighted by Crippen LogP contribution is -2.41. The minimum atomic E-state index is -0.459. The molecule has 6 heteroatoms. The Bertz CT molecular complexity index is 609. The van der Waals surface area contributed by atoms with Crippen molar-refractivity contribution in [3.63, 3.8) is 0 Å². The molecule has 3 rings (SSSR count). The van der Waals surface area contributed by atoms with E-state index in [9.17, 15) is 0 Å². The summed E-state index contributed by atoms with van der Waals surface area (Å²) in [6, 6.07) is 10.1. The zero-order valence-electron chi connectivity index (χ0n) is 12.9. The van der Waals surface area contributed by atoms with Gasteiger partial charge in [-0.15, -0.1) is 0 Å². The average molecular weight is 285 g/mol. The highest BCUT2D eigenvalue weighted by Gasteiger charge is 2.52. The van der Waals surface area contributed by atoms with Crippen molar-refractivity contribution < 1.29 is 9.31 Å². The zero-order valence-corrected chi connectivity index (χ0v) is 12.9. The summed E-state index contributed by atoms with van der Waals surface area (Å²) in [4.78, 5) is 1.66. The fraction of sp³-hybridized carbons (Fsp3) is 0.467. The van der Waals surface area contributed by atoms with Crippen molar-refractivity contribution in [1.82, 2.24) is 15.0 Å². The molecule has 2 heterocycles. The smallest absolute Gasteiger partial charge is 0.398 e. The van der Waals surface area contributed by atoms with Gasteiger partial charge in [-0.25, -0.2) is 0 Å². The van der Waals surface area contributed by atoms with E-state index in [0.29, 0.717) is 12.1 Å². The molecule has 1 aliphatic heterocycles. The lowest BCUT2D eigenvalue weighted by atomic mass is 9.86. The van der Waals surface area contributed by atoms with Crippen LogP contribution in [0.15, 0.2) is 36.5 Å². The highest BCUT2D eigenvalue weighted by Crippen LogP contribution is 2.36. The summed E-state index contributed by atoms with van der Waals surface area (Å²) in [5.41, 5.74) is 1.15. The van der Waals surface area contributed by atoms with Crippen molar-refractivity contribution in [2.75, 3.05) is 0 Å². The van der Waals surface area contributed by atoms with Gasteiger partial charge in [0.1, 0.15) is 5.59 Å². The summed E-state index contributed by atoms with van der Waals surface area (Å²) in [7, 11) is -0.459. The van der Waals surface area contributed by atoms with Crippen LogP contribution in [0.25, 0.3) is 0 Å². The minimum absolute atomic E-state index is 0.360. The first-order chi connectivity index (χ1) is 9.87. The van der Waals surface area contributed by atoms with Crippen LogP contribution in [-0.2, 0) is 15.9 Å². The maximum Gasteiger partial charge on any atom is 0.518 e. The normalized spacial score (nSPS) is 19.9. The second-order valence-electron chi connectivity index (χ2n) is 6.37. The minimum Gasteiger partial charge on any atom is -0.398 e. The van der Waals surface area contributed by atoms with Gasteiger partial charge in [0, 0.05) is 0 Å². The van der Waals surface area contributed by atoms with Crippen LogP contribution in [0, 0.1) is 0 Å². The third-order valence-corrected chi connectivity index (χ3v) is 4.22. The molecule has 1 fully saturated rings. The Hall–Kier alpha value is -1.66. The third kappa shape index (κ3) is 2.73. The van der Waals surface area contributed by atoms with Crippen molar-refractivity contribution in [1.29, 1.82) is 0 Å². The third-order valence-electron chi connectivity index (χ3n) is 4.22. The summed E-state index contributed by atoms with van der Waals surface area (Å²) in [6.45, 7) is 8.76. The molecule has 0 amide bonds. The van der Waals surface area contributed by atoms with Crippen molar-refractivity contribution in [2.45, 2.75) is 45.4 Å². The molecule has 0 bridgehead atoms. The first kappa shape index (κ1) is 14.3. The summed E-state index contributed by atoms with van der Waals surface area (Å²) in [5, 5.41) is 8.77. The Labute approximate surface area is 125 Å². The number of hydrogen-bond acceptors (Lipinski definition) is 4. The van der Waals surface area contributed by atoms with Gasteiger partial charge in [0.05, 0.1) is 23.9 Å². The molecule has 1 saturated heterocycles. The van der Waals surface area contributed by atoms with Gasteiger partial charge in [-0.1, -0.05) is 30.3 Å². The SMILES string of the molecule is CC1(C)OB(c2cnn(Cc3ccccc3)n2)OC1(C)C. The first-order valence-electron chi connectivity index (χ1n) is 7.17. The van der Waals surface area contributed by atoms with E-state index < -0.39 is 7.12 Å². The zero-order chi connectivity index (χ0) is 15.1. The van der Waals surface area contributed by atoms with Crippen LogP contribution in [0.2, 0.25) is 0 Å². The second-order valence-corrected chi connectivity index (χ2v) is 6.37. The monoisotopic (exact) mass is 285 g/mol. The van der Waals surface area contributed by atoms with E-state index in [-0.39, 0.29) is 11.2 Å². The standard InChI is InChI=1S/C15H20BN3O2/c1-14(2)15(3,4)21-16(20-14)13-10-17-19(18-13)11-12-8-6-5-7-9-12/h5-10H,11H2,1-4H3. The van der Waals surface area contributed by atoms with Gasteiger partial charge >= 0.3 is 7.12 Å². The molecule has 1 aromatic heterocycles. The Morgan fingerprint density at radius 2 is 1.67 bits per heavy atom. The van der Waals surface area contributed by atoms with Crippen LogP contribution in [0.3, 0.4) is 0 Å². The highest BCUT2D eigenvalue weighted by molar-refractivity contribution is 6.61. The lowest BCUT2D eigenvalue weighted by Gasteiger charge is -2.32. The highest BCUT2D eigenvalue weighted by atomic mass is 16.7. The molecule has 0 spiro atoms. The Kier molecular flexibility index (Phi) is 3.38. The summed E-state index contributed by atoms with van der Waals surface area (Å²) >= 11 is 0. The topological polar surface area (TPSA) is 49.2 Å².